The van der Waals surface area contributed by atoms with Gasteiger partial charge in [-0.05, 0) is 18.2 Å². The van der Waals surface area contributed by atoms with Crippen LogP contribution in [0.4, 0.5) is 0 Å². The number of benzene rings is 1. The van der Waals surface area contributed by atoms with Gasteiger partial charge in [-0.2, -0.15) is 0 Å². The molecule has 0 saturated carbocycles. The summed E-state index contributed by atoms with van der Waals surface area (Å²) in [7, 11) is 0. The second-order valence-corrected chi connectivity index (χ2v) is 2.45. The first kappa shape index (κ1) is 6.45. The normalized spacial score (nSPS) is 13.0. The zero-order chi connectivity index (χ0) is 6.69. The highest BCUT2D eigenvalue weighted by molar-refractivity contribution is 7.79. The fourth-order valence-electron chi connectivity index (χ4n) is 0.488. The predicted octanol–water partition coefficient (Wildman–Crippen LogP) is 1.07. The number of hydrogen-bond donors (Lipinski definition) is 1. The lowest BCUT2D eigenvalue weighted by atomic mass is 10.4. The van der Waals surface area contributed by atoms with Crippen LogP contribution < -0.4 is 0 Å². The Hall–Kier alpha value is -0.670. The zero-order valence-corrected chi connectivity index (χ0v) is 5.39. The fraction of sp³-hybridized carbons (Fsp3) is 0. The van der Waals surface area contributed by atoms with Gasteiger partial charge in [-0.3, -0.25) is 0 Å². The molecule has 0 aromatic heterocycles. The molecule has 1 unspecified atom stereocenters. The van der Waals surface area contributed by atoms with Crippen LogP contribution >= 0.6 is 0 Å². The van der Waals surface area contributed by atoms with Gasteiger partial charge in [-0.1, -0.05) is 12.1 Å². The van der Waals surface area contributed by atoms with Crippen molar-refractivity contribution in [3.8, 4) is 0 Å². The summed E-state index contributed by atoms with van der Waals surface area (Å²) in [6, 6.07) is 9.05. The molecule has 1 aromatic carbocycles. The molecule has 2 nitrogen and oxygen atoms in total. The Kier molecular flexibility index (Phi) is 1.97. The maximum Gasteiger partial charge on any atom is 0.186 e. The quantitative estimate of drug-likeness (QED) is 0.594. The van der Waals surface area contributed by atoms with E-state index in [9.17, 15) is 4.21 Å². The smallest absolute Gasteiger partial charge is 0.186 e. The van der Waals surface area contributed by atoms with Crippen LogP contribution in [0.2, 0.25) is 0 Å². The van der Waals surface area contributed by atoms with Crippen LogP contribution in [0.25, 0.3) is 0 Å². The zero-order valence-electron chi connectivity index (χ0n) is 4.57. The summed E-state index contributed by atoms with van der Waals surface area (Å²) in [5.74, 6) is 0. The molecule has 0 spiro atoms. The summed E-state index contributed by atoms with van der Waals surface area (Å²) in [6.45, 7) is 0. The number of hydrogen-bond acceptors (Lipinski definition) is 1. The summed E-state index contributed by atoms with van der Waals surface area (Å²) in [5.41, 5.74) is 0. The van der Waals surface area contributed by atoms with E-state index in [0.29, 0.717) is 4.90 Å². The van der Waals surface area contributed by atoms with E-state index >= 15 is 0 Å². The maximum absolute atomic E-state index is 10.3. The van der Waals surface area contributed by atoms with E-state index in [1.807, 2.05) is 0 Å². The second kappa shape index (κ2) is 2.75. The van der Waals surface area contributed by atoms with Crippen molar-refractivity contribution in [2.45, 2.75) is 4.90 Å². The van der Waals surface area contributed by atoms with Crippen molar-refractivity contribution in [2.24, 2.45) is 0 Å². The van der Waals surface area contributed by atoms with Gasteiger partial charge in [0.05, 0.1) is 4.90 Å². The van der Waals surface area contributed by atoms with Crippen molar-refractivity contribution in [3.05, 3.63) is 30.3 Å². The highest BCUT2D eigenvalue weighted by Gasteiger charge is 1.93. The molecule has 0 heterocycles. The molecule has 3 heteroatoms. The van der Waals surface area contributed by atoms with Crippen LogP contribution in [0.1, 0.15) is 0 Å². The van der Waals surface area contributed by atoms with E-state index in [4.69, 9.17) is 4.55 Å². The molecule has 1 rings (SSSR count). The van der Waals surface area contributed by atoms with Gasteiger partial charge >= 0.3 is 0 Å². The molecule has 47 valence electrons. The van der Waals surface area contributed by atoms with Crippen LogP contribution in [0.5, 0.6) is 0 Å². The molecule has 0 aliphatic heterocycles. The van der Waals surface area contributed by atoms with Gasteiger partial charge in [0.25, 0.3) is 0 Å². The Bertz CT molecular complexity index is 208. The Morgan fingerprint density at radius 2 is 2.00 bits per heavy atom. The van der Waals surface area contributed by atoms with Gasteiger partial charge in [0.1, 0.15) is 0 Å². The third-order valence-electron chi connectivity index (χ3n) is 0.889. The SMILES string of the molecule is O=S(O)c1cc[c]cc1. The lowest BCUT2D eigenvalue weighted by molar-refractivity contribution is 0.564. The molecule has 0 fully saturated rings. The minimum Gasteiger partial charge on any atom is -0.302 e. The Balaban J connectivity index is 2.98. The van der Waals surface area contributed by atoms with E-state index in [1.165, 1.54) is 0 Å². The minimum atomic E-state index is -1.85. The molecule has 1 radical (unpaired) electrons. The van der Waals surface area contributed by atoms with Gasteiger partial charge in [0.15, 0.2) is 11.1 Å². The van der Waals surface area contributed by atoms with Crippen molar-refractivity contribution in [3.63, 3.8) is 0 Å². The third kappa shape index (κ3) is 1.62. The molecule has 0 aliphatic carbocycles. The highest BCUT2D eigenvalue weighted by Crippen LogP contribution is 2.00. The topological polar surface area (TPSA) is 37.3 Å². The molecule has 0 bridgehead atoms. The Morgan fingerprint density at radius 3 is 2.33 bits per heavy atom. The summed E-state index contributed by atoms with van der Waals surface area (Å²) < 4.78 is 18.8. The fourth-order valence-corrected chi connectivity index (χ4v) is 0.857. The number of rotatable bonds is 1. The van der Waals surface area contributed by atoms with Gasteiger partial charge in [0, 0.05) is 0 Å². The summed E-state index contributed by atoms with van der Waals surface area (Å²) in [6.07, 6.45) is 0. The first-order chi connectivity index (χ1) is 4.30. The maximum atomic E-state index is 10.3. The van der Waals surface area contributed by atoms with Crippen molar-refractivity contribution >= 4 is 11.1 Å². The molecule has 0 aliphatic rings. The van der Waals surface area contributed by atoms with Crippen molar-refractivity contribution in [1.82, 2.24) is 0 Å². The summed E-state index contributed by atoms with van der Waals surface area (Å²) in [4.78, 5) is 0.411. The molecule has 0 amide bonds. The predicted molar refractivity (Wildman–Crippen MR) is 34.3 cm³/mol. The van der Waals surface area contributed by atoms with Crippen molar-refractivity contribution < 1.29 is 8.76 Å². The van der Waals surface area contributed by atoms with E-state index in [-0.39, 0.29) is 0 Å². The summed E-state index contributed by atoms with van der Waals surface area (Å²) >= 11 is -1.85. The average molecular weight is 141 g/mol. The molecule has 1 aromatic rings. The first-order valence-electron chi connectivity index (χ1n) is 2.37. The lowest BCUT2D eigenvalue weighted by Crippen LogP contribution is -1.85. The molecule has 9 heavy (non-hydrogen) atoms. The average Bonchev–Trinajstić information content (AvgIpc) is 1.90. The van der Waals surface area contributed by atoms with Crippen molar-refractivity contribution in [2.75, 3.05) is 0 Å². The first-order valence-corrected chi connectivity index (χ1v) is 3.48. The van der Waals surface area contributed by atoms with Crippen molar-refractivity contribution in [1.29, 1.82) is 0 Å². The molecular weight excluding hydrogens is 136 g/mol. The van der Waals surface area contributed by atoms with Gasteiger partial charge in [0.2, 0.25) is 0 Å². The van der Waals surface area contributed by atoms with Gasteiger partial charge < -0.3 is 4.55 Å². The Labute approximate surface area is 55.8 Å². The molecule has 1 atom stereocenters. The van der Waals surface area contributed by atoms with Crippen LogP contribution in [-0.4, -0.2) is 8.76 Å². The Morgan fingerprint density at radius 1 is 1.44 bits per heavy atom. The second-order valence-electron chi connectivity index (χ2n) is 1.48. The van der Waals surface area contributed by atoms with Gasteiger partial charge in [-0.25, -0.2) is 4.21 Å². The minimum absolute atomic E-state index is 0.411. The lowest BCUT2D eigenvalue weighted by Gasteiger charge is -1.88. The highest BCUT2D eigenvalue weighted by atomic mass is 32.2. The van der Waals surface area contributed by atoms with Crippen LogP contribution in [0, 0.1) is 6.07 Å². The van der Waals surface area contributed by atoms with Crippen LogP contribution in [0.15, 0.2) is 29.2 Å². The monoisotopic (exact) mass is 141 g/mol. The molecule has 0 saturated heterocycles. The van der Waals surface area contributed by atoms with E-state index < -0.39 is 11.1 Å². The molecule has 1 N–H and O–H groups in total. The van der Waals surface area contributed by atoms with E-state index in [2.05, 4.69) is 6.07 Å². The molecular formula is C6H5O2S. The van der Waals surface area contributed by atoms with Gasteiger partial charge in [-0.15, -0.1) is 0 Å². The third-order valence-corrected chi connectivity index (χ3v) is 1.56. The van der Waals surface area contributed by atoms with Crippen LogP contribution in [0.3, 0.4) is 0 Å². The standard InChI is InChI=1S/C6H5O2S/c7-9(8)6-4-2-1-3-5-6/h2-5H,(H,7,8). The van der Waals surface area contributed by atoms with E-state index in [0.717, 1.165) is 0 Å². The van der Waals surface area contributed by atoms with E-state index in [1.54, 1.807) is 24.3 Å². The van der Waals surface area contributed by atoms with Crippen LogP contribution in [-0.2, 0) is 11.1 Å². The summed E-state index contributed by atoms with van der Waals surface area (Å²) in [5, 5.41) is 0. The largest absolute Gasteiger partial charge is 0.302 e.